The van der Waals surface area contributed by atoms with Crippen LogP contribution in [0, 0.1) is 28.6 Å². The number of allylic oxidation sites excluding steroid dienone is 2. The number of carbonyl (C=O) groups excluding carboxylic acids is 2. The number of Topliss-reactive ketones (excluding diaryl/α,β-unsaturated/α-hetero) is 1. The first-order valence-electron chi connectivity index (χ1n) is 10.1. The molecule has 9 atom stereocenters. The Morgan fingerprint density at radius 2 is 2.07 bits per heavy atom. The van der Waals surface area contributed by atoms with Gasteiger partial charge in [-0.25, -0.2) is 4.39 Å². The molecule has 0 aromatic carbocycles. The second-order valence-corrected chi connectivity index (χ2v) is 10.7. The van der Waals surface area contributed by atoms with Crippen LogP contribution in [-0.2, 0) is 14.3 Å². The van der Waals surface area contributed by atoms with Gasteiger partial charge in [-0.1, -0.05) is 42.5 Å². The van der Waals surface area contributed by atoms with Gasteiger partial charge in [0.2, 0.25) is 0 Å². The lowest BCUT2D eigenvalue weighted by atomic mass is 9.46. The summed E-state index contributed by atoms with van der Waals surface area (Å²) in [5.41, 5.74) is -2.65. The number of rotatable bonds is 2. The Hall–Kier alpha value is -0.600. The number of hydrogen-bond acceptors (Lipinski definition) is 4. The van der Waals surface area contributed by atoms with Crippen LogP contribution in [0.4, 0.5) is 4.39 Å². The minimum Gasteiger partial charge on any atom is -0.381 e. The summed E-state index contributed by atoms with van der Waals surface area (Å²) in [4.78, 5) is 24.8. The van der Waals surface area contributed by atoms with Crippen molar-refractivity contribution in [3.05, 3.63) is 23.8 Å². The van der Waals surface area contributed by atoms with Gasteiger partial charge in [-0.15, -0.1) is 0 Å². The second kappa shape index (κ2) is 5.55. The van der Waals surface area contributed by atoms with Crippen molar-refractivity contribution >= 4 is 34.2 Å². The summed E-state index contributed by atoms with van der Waals surface area (Å²) in [7, 11) is 0. The van der Waals surface area contributed by atoms with E-state index in [-0.39, 0.29) is 39.9 Å². The van der Waals surface area contributed by atoms with E-state index in [9.17, 15) is 14.7 Å². The summed E-state index contributed by atoms with van der Waals surface area (Å²) in [6.45, 7) is 5.96. The number of hydrogen-bond donors (Lipinski definition) is 1. The van der Waals surface area contributed by atoms with Gasteiger partial charge in [-0.2, -0.15) is 0 Å². The van der Waals surface area contributed by atoms with Crippen LogP contribution in [0.3, 0.4) is 0 Å². The van der Waals surface area contributed by atoms with Crippen molar-refractivity contribution in [2.45, 2.75) is 63.5 Å². The molecule has 0 radical (unpaired) electrons. The molecule has 0 bridgehead atoms. The number of epoxide rings is 1. The van der Waals surface area contributed by atoms with Crippen molar-refractivity contribution in [3.8, 4) is 0 Å². The molecule has 4 fully saturated rings. The molecular weight excluding hydrogens is 474 g/mol. The normalized spacial score (nSPS) is 56.3. The number of aliphatic hydroxyl groups is 1. The summed E-state index contributed by atoms with van der Waals surface area (Å²) in [6, 6.07) is 0. The zero-order valence-electron chi connectivity index (χ0n) is 16.4. The number of ether oxygens (including phenoxy) is 1. The van der Waals surface area contributed by atoms with E-state index in [1.165, 1.54) is 12.2 Å². The molecule has 0 amide bonds. The fourth-order valence-corrected chi connectivity index (χ4v) is 8.25. The third kappa shape index (κ3) is 1.89. The third-order valence-corrected chi connectivity index (χ3v) is 9.74. The molecule has 1 aliphatic heterocycles. The van der Waals surface area contributed by atoms with Gasteiger partial charge < -0.3 is 9.84 Å². The van der Waals surface area contributed by atoms with Crippen LogP contribution in [0.15, 0.2) is 23.8 Å². The second-order valence-electron chi connectivity index (χ2n) is 9.94. The molecule has 1 saturated heterocycles. The highest BCUT2D eigenvalue weighted by Gasteiger charge is 2.82. The average molecular weight is 500 g/mol. The fraction of sp³-hybridized carbons (Fsp3) is 0.727. The minimum absolute atomic E-state index is 0.0146. The van der Waals surface area contributed by atoms with Crippen LogP contribution >= 0.6 is 22.6 Å². The van der Waals surface area contributed by atoms with Crippen molar-refractivity contribution in [2.75, 3.05) is 4.43 Å². The van der Waals surface area contributed by atoms with Crippen molar-refractivity contribution < 1.29 is 23.8 Å². The van der Waals surface area contributed by atoms with Gasteiger partial charge in [0.1, 0.15) is 17.4 Å². The van der Waals surface area contributed by atoms with E-state index in [2.05, 4.69) is 0 Å². The van der Waals surface area contributed by atoms with Gasteiger partial charge in [0.25, 0.3) is 0 Å². The third-order valence-electron chi connectivity index (χ3n) is 9.05. The average Bonchev–Trinajstić information content (AvgIpc) is 3.34. The van der Waals surface area contributed by atoms with Crippen LogP contribution < -0.4 is 0 Å². The number of fused-ring (bicyclic) bond motifs is 3. The molecule has 6 heteroatoms. The number of carbonyl (C=O) groups is 2. The Bertz CT molecular complexity index is 853. The van der Waals surface area contributed by atoms with E-state index in [4.69, 9.17) is 4.74 Å². The summed E-state index contributed by atoms with van der Waals surface area (Å²) in [5.74, 6) is -0.517. The molecule has 1 spiro atoms. The Kier molecular flexibility index (Phi) is 3.84. The maximum absolute atomic E-state index is 15.4. The Morgan fingerprint density at radius 3 is 2.75 bits per heavy atom. The Morgan fingerprint density at radius 1 is 1.36 bits per heavy atom. The topological polar surface area (TPSA) is 66.9 Å². The van der Waals surface area contributed by atoms with E-state index < -0.39 is 28.2 Å². The first kappa shape index (κ1) is 19.4. The highest BCUT2D eigenvalue weighted by atomic mass is 127. The van der Waals surface area contributed by atoms with Gasteiger partial charge in [0.15, 0.2) is 11.6 Å². The van der Waals surface area contributed by atoms with E-state index in [0.717, 1.165) is 0 Å². The SMILES string of the molecule is C[C@H]1CC2C3C[C@H](F)C4=CC(=O)C=C[C@]4(C)[C@@]34O[C@H]4C[C@]2(C)[C@@]1(O)C(=O)CI. The van der Waals surface area contributed by atoms with Crippen molar-refractivity contribution in [1.29, 1.82) is 0 Å². The minimum atomic E-state index is -1.39. The van der Waals surface area contributed by atoms with Crippen LogP contribution in [0.1, 0.15) is 40.0 Å². The van der Waals surface area contributed by atoms with Crippen molar-refractivity contribution in [1.82, 2.24) is 0 Å². The quantitative estimate of drug-likeness (QED) is 0.359. The van der Waals surface area contributed by atoms with Gasteiger partial charge in [-0.3, -0.25) is 9.59 Å². The lowest BCUT2D eigenvalue weighted by Gasteiger charge is -2.56. The molecule has 4 nitrogen and oxygen atoms in total. The van der Waals surface area contributed by atoms with E-state index in [1.54, 1.807) is 0 Å². The monoisotopic (exact) mass is 500 g/mol. The lowest BCUT2D eigenvalue weighted by molar-refractivity contribution is -0.160. The highest BCUT2D eigenvalue weighted by molar-refractivity contribution is 14.1. The molecule has 4 aliphatic carbocycles. The van der Waals surface area contributed by atoms with Crippen LogP contribution in [-0.4, -0.2) is 44.6 Å². The molecule has 5 rings (SSSR count). The smallest absolute Gasteiger partial charge is 0.178 e. The first-order valence-corrected chi connectivity index (χ1v) is 11.7. The maximum Gasteiger partial charge on any atom is 0.178 e. The predicted molar refractivity (Wildman–Crippen MR) is 110 cm³/mol. The number of ketones is 2. The van der Waals surface area contributed by atoms with Gasteiger partial charge in [0.05, 0.1) is 10.5 Å². The standard InChI is InChI=1S/C22H26FIO4/c1-11-6-13-14-8-16(23)15-7-12(25)4-5-19(15,2)22(14)18(28-22)9-20(13,3)21(11,27)17(26)10-24/h4-5,7,11,13-14,16,18,27H,6,8-10H2,1-3H3/t11-,13?,14?,16-,18-,19-,20-,21-,22+/m0/s1. The molecular formula is C22H26FIO4. The molecule has 152 valence electrons. The van der Waals surface area contributed by atoms with E-state index in [0.29, 0.717) is 24.8 Å². The van der Waals surface area contributed by atoms with Crippen LogP contribution in [0.5, 0.6) is 0 Å². The maximum atomic E-state index is 15.4. The molecule has 1 heterocycles. The molecule has 5 aliphatic rings. The largest absolute Gasteiger partial charge is 0.381 e. The highest BCUT2D eigenvalue weighted by Crippen LogP contribution is 2.76. The Balaban J connectivity index is 1.63. The zero-order chi connectivity index (χ0) is 20.3. The van der Waals surface area contributed by atoms with Gasteiger partial charge in [0, 0.05) is 10.8 Å². The molecule has 2 unspecified atom stereocenters. The fourth-order valence-electron chi connectivity index (χ4n) is 7.67. The van der Waals surface area contributed by atoms with Crippen LogP contribution in [0.25, 0.3) is 0 Å². The Labute approximate surface area is 178 Å². The molecule has 0 aromatic rings. The van der Waals surface area contributed by atoms with Gasteiger partial charge in [-0.05, 0) is 61.7 Å². The summed E-state index contributed by atoms with van der Waals surface area (Å²) in [6.07, 6.45) is 5.08. The molecule has 3 saturated carbocycles. The van der Waals surface area contributed by atoms with Crippen LogP contribution in [0.2, 0.25) is 0 Å². The number of halogens is 2. The van der Waals surface area contributed by atoms with Crippen molar-refractivity contribution in [2.24, 2.45) is 28.6 Å². The molecule has 28 heavy (non-hydrogen) atoms. The lowest BCUT2D eigenvalue weighted by Crippen LogP contribution is -2.63. The van der Waals surface area contributed by atoms with Crippen molar-refractivity contribution in [3.63, 3.8) is 0 Å². The summed E-state index contributed by atoms with van der Waals surface area (Å²) in [5, 5.41) is 11.6. The molecule has 1 N–H and O–H groups in total. The molecule has 0 aromatic heterocycles. The predicted octanol–water partition coefficient (Wildman–Crippen LogP) is 3.35. The zero-order valence-corrected chi connectivity index (χ0v) is 18.5. The first-order chi connectivity index (χ1) is 13.1. The van der Waals surface area contributed by atoms with E-state index >= 15 is 4.39 Å². The number of alkyl halides is 2. The summed E-state index contributed by atoms with van der Waals surface area (Å²) >= 11 is 2.03. The summed E-state index contributed by atoms with van der Waals surface area (Å²) < 4.78 is 22.0. The van der Waals surface area contributed by atoms with Gasteiger partial charge >= 0.3 is 0 Å². The van der Waals surface area contributed by atoms with E-state index in [1.807, 2.05) is 49.4 Å².